The van der Waals surface area contributed by atoms with Crippen LogP contribution in [0.1, 0.15) is 31.2 Å². The van der Waals surface area contributed by atoms with E-state index in [-0.39, 0.29) is 11.5 Å². The molecule has 158 valence electrons. The lowest BCUT2D eigenvalue weighted by Crippen LogP contribution is -2.25. The summed E-state index contributed by atoms with van der Waals surface area (Å²) >= 11 is 17.5. The molecule has 0 fully saturated rings. The van der Waals surface area contributed by atoms with E-state index >= 15 is 0 Å². The molecule has 1 aromatic heterocycles. The number of carbonyl (C=O) groups is 1. The number of halogens is 2. The van der Waals surface area contributed by atoms with Crippen molar-refractivity contribution in [2.75, 3.05) is 6.54 Å². The molecule has 0 aliphatic carbocycles. The van der Waals surface area contributed by atoms with Crippen LogP contribution in [0.2, 0.25) is 10.0 Å². The SMILES string of the molecule is O=C(CCCCCn1c(=S)[nH]c2ccccc2c1=O)NCCc1cccc(Cl)c1Cl. The van der Waals surface area contributed by atoms with E-state index in [1.54, 1.807) is 16.7 Å². The monoisotopic (exact) mass is 463 g/mol. The first-order valence-electron chi connectivity index (χ1n) is 9.89. The van der Waals surface area contributed by atoms with Gasteiger partial charge < -0.3 is 10.3 Å². The first kappa shape index (κ1) is 22.5. The van der Waals surface area contributed by atoms with E-state index in [9.17, 15) is 9.59 Å². The molecule has 0 saturated heterocycles. The van der Waals surface area contributed by atoms with Crippen LogP contribution >= 0.6 is 35.4 Å². The fraction of sp³-hybridized carbons (Fsp3) is 0.318. The molecule has 1 heterocycles. The summed E-state index contributed by atoms with van der Waals surface area (Å²) in [4.78, 5) is 27.7. The highest BCUT2D eigenvalue weighted by atomic mass is 35.5. The maximum atomic E-state index is 12.6. The van der Waals surface area contributed by atoms with Gasteiger partial charge in [0.25, 0.3) is 5.56 Å². The van der Waals surface area contributed by atoms with E-state index in [0.717, 1.165) is 30.3 Å². The van der Waals surface area contributed by atoms with Crippen molar-refractivity contribution in [1.29, 1.82) is 0 Å². The molecule has 5 nitrogen and oxygen atoms in total. The Kier molecular flexibility index (Phi) is 8.08. The number of hydrogen-bond acceptors (Lipinski definition) is 3. The molecule has 0 bridgehead atoms. The van der Waals surface area contributed by atoms with Crippen LogP contribution in [0.4, 0.5) is 0 Å². The molecule has 2 N–H and O–H groups in total. The van der Waals surface area contributed by atoms with Gasteiger partial charge >= 0.3 is 0 Å². The summed E-state index contributed by atoms with van der Waals surface area (Å²) in [6, 6.07) is 12.8. The van der Waals surface area contributed by atoms with Crippen LogP contribution in [-0.2, 0) is 17.8 Å². The zero-order valence-corrected chi connectivity index (χ0v) is 18.7. The maximum Gasteiger partial charge on any atom is 0.262 e. The Morgan fingerprint density at radius 2 is 1.87 bits per heavy atom. The van der Waals surface area contributed by atoms with Gasteiger partial charge in [-0.3, -0.25) is 14.2 Å². The van der Waals surface area contributed by atoms with Crippen molar-refractivity contribution in [3.05, 3.63) is 73.2 Å². The molecule has 0 atom stereocenters. The highest BCUT2D eigenvalue weighted by Crippen LogP contribution is 2.25. The number of aromatic nitrogens is 2. The van der Waals surface area contributed by atoms with Crippen molar-refractivity contribution in [2.24, 2.45) is 0 Å². The minimum absolute atomic E-state index is 0.00770. The number of hydrogen-bond donors (Lipinski definition) is 2. The molecule has 8 heteroatoms. The van der Waals surface area contributed by atoms with Crippen LogP contribution in [0, 0.1) is 4.77 Å². The third-order valence-corrected chi connectivity index (χ3v) is 6.10. The average Bonchev–Trinajstić information content (AvgIpc) is 2.73. The van der Waals surface area contributed by atoms with Crippen LogP contribution in [0.3, 0.4) is 0 Å². The van der Waals surface area contributed by atoms with Crippen molar-refractivity contribution in [3.63, 3.8) is 0 Å². The lowest BCUT2D eigenvalue weighted by atomic mass is 10.1. The Labute approximate surface area is 190 Å². The van der Waals surface area contributed by atoms with E-state index in [0.29, 0.717) is 46.1 Å². The normalized spacial score (nSPS) is 11.0. The number of para-hydroxylation sites is 1. The van der Waals surface area contributed by atoms with Crippen LogP contribution in [0.25, 0.3) is 10.9 Å². The van der Waals surface area contributed by atoms with Gasteiger partial charge in [-0.1, -0.05) is 53.9 Å². The highest BCUT2D eigenvalue weighted by Gasteiger charge is 2.07. The first-order chi connectivity index (χ1) is 14.5. The summed E-state index contributed by atoms with van der Waals surface area (Å²) in [5.74, 6) is 0.00770. The molecular weight excluding hydrogens is 441 g/mol. The number of fused-ring (bicyclic) bond motifs is 1. The average molecular weight is 464 g/mol. The van der Waals surface area contributed by atoms with Gasteiger partial charge in [-0.2, -0.15) is 0 Å². The summed E-state index contributed by atoms with van der Waals surface area (Å²) in [6.45, 7) is 1.05. The Balaban J connectivity index is 1.40. The van der Waals surface area contributed by atoms with E-state index in [2.05, 4.69) is 10.3 Å². The molecule has 0 aliphatic rings. The zero-order valence-electron chi connectivity index (χ0n) is 16.4. The molecule has 0 radical (unpaired) electrons. The van der Waals surface area contributed by atoms with E-state index in [1.165, 1.54) is 0 Å². The van der Waals surface area contributed by atoms with Gasteiger partial charge in [0.05, 0.1) is 20.9 Å². The Morgan fingerprint density at radius 1 is 1.07 bits per heavy atom. The van der Waals surface area contributed by atoms with Gasteiger partial charge in [0.2, 0.25) is 5.91 Å². The maximum absolute atomic E-state index is 12.6. The number of nitrogens with zero attached hydrogens (tertiary/aromatic N) is 1. The molecule has 0 spiro atoms. The minimum Gasteiger partial charge on any atom is -0.356 e. The Hall–Kier alpha value is -2.15. The molecule has 0 saturated carbocycles. The fourth-order valence-corrected chi connectivity index (χ4v) is 4.00. The zero-order chi connectivity index (χ0) is 21.5. The molecule has 0 unspecified atom stereocenters. The first-order valence-corrected chi connectivity index (χ1v) is 11.0. The van der Waals surface area contributed by atoms with E-state index in [1.807, 2.05) is 30.3 Å². The van der Waals surface area contributed by atoms with Crippen LogP contribution in [0.15, 0.2) is 47.3 Å². The smallest absolute Gasteiger partial charge is 0.262 e. The number of aromatic amines is 1. The number of amides is 1. The summed E-state index contributed by atoms with van der Waals surface area (Å²) in [5, 5.41) is 4.59. The van der Waals surface area contributed by atoms with Crippen molar-refractivity contribution < 1.29 is 4.79 Å². The molecule has 0 aliphatic heterocycles. The third-order valence-electron chi connectivity index (χ3n) is 4.92. The largest absolute Gasteiger partial charge is 0.356 e. The second-order valence-electron chi connectivity index (χ2n) is 7.06. The number of carbonyl (C=O) groups excluding carboxylic acids is 1. The number of unbranched alkanes of at least 4 members (excludes halogenated alkanes) is 2. The van der Waals surface area contributed by atoms with Crippen LogP contribution in [-0.4, -0.2) is 22.0 Å². The minimum atomic E-state index is -0.0771. The number of rotatable bonds is 9. The predicted molar refractivity (Wildman–Crippen MR) is 125 cm³/mol. The van der Waals surface area contributed by atoms with Gasteiger partial charge in [-0.25, -0.2) is 0 Å². The van der Waals surface area contributed by atoms with Crippen LogP contribution < -0.4 is 10.9 Å². The summed E-state index contributed by atoms with van der Waals surface area (Å²) in [5.41, 5.74) is 1.59. The summed E-state index contributed by atoms with van der Waals surface area (Å²) in [7, 11) is 0. The second-order valence-corrected chi connectivity index (χ2v) is 8.23. The number of nitrogens with one attached hydrogen (secondary N) is 2. The topological polar surface area (TPSA) is 66.9 Å². The highest BCUT2D eigenvalue weighted by molar-refractivity contribution is 7.71. The molecule has 2 aromatic carbocycles. The van der Waals surface area contributed by atoms with Gasteiger partial charge in [-0.05, 0) is 55.2 Å². The van der Waals surface area contributed by atoms with E-state index in [4.69, 9.17) is 35.4 Å². The van der Waals surface area contributed by atoms with Gasteiger partial charge in [-0.15, -0.1) is 0 Å². The predicted octanol–water partition coefficient (Wildman–Crippen LogP) is 5.29. The third kappa shape index (κ3) is 5.72. The van der Waals surface area contributed by atoms with Crippen LogP contribution in [0.5, 0.6) is 0 Å². The Bertz CT molecular complexity index is 1160. The molecule has 1 amide bonds. The fourth-order valence-electron chi connectivity index (χ4n) is 3.30. The number of H-pyrrole nitrogens is 1. The lowest BCUT2D eigenvalue weighted by Gasteiger charge is -2.09. The molecule has 3 rings (SSSR count). The quantitative estimate of drug-likeness (QED) is 0.334. The van der Waals surface area contributed by atoms with Crippen molar-refractivity contribution in [2.45, 2.75) is 38.6 Å². The molecule has 3 aromatic rings. The number of benzene rings is 2. The molecule has 30 heavy (non-hydrogen) atoms. The standard InChI is InChI=1S/C22H23Cl2N3O2S/c23-17-9-6-7-15(20(17)24)12-13-25-19(28)11-2-1-5-14-27-21(29)16-8-3-4-10-18(16)26-22(27)30/h3-4,6-10H,1-2,5,11-14H2,(H,25,28)(H,26,30). The Morgan fingerprint density at radius 3 is 2.70 bits per heavy atom. The summed E-state index contributed by atoms with van der Waals surface area (Å²) < 4.78 is 2.02. The van der Waals surface area contributed by atoms with Crippen molar-refractivity contribution in [1.82, 2.24) is 14.9 Å². The lowest BCUT2D eigenvalue weighted by molar-refractivity contribution is -0.121. The van der Waals surface area contributed by atoms with Crippen molar-refractivity contribution >= 4 is 52.2 Å². The van der Waals surface area contributed by atoms with E-state index < -0.39 is 0 Å². The second kappa shape index (κ2) is 10.8. The van der Waals surface area contributed by atoms with Gasteiger partial charge in [0, 0.05) is 19.5 Å². The summed E-state index contributed by atoms with van der Waals surface area (Å²) in [6.07, 6.45) is 3.45. The van der Waals surface area contributed by atoms with Gasteiger partial charge in [0.1, 0.15) is 0 Å². The van der Waals surface area contributed by atoms with Gasteiger partial charge in [0.15, 0.2) is 4.77 Å². The molecular formula is C22H23Cl2N3O2S. The van der Waals surface area contributed by atoms with Crippen molar-refractivity contribution in [3.8, 4) is 0 Å².